The third kappa shape index (κ3) is 1.28. The summed E-state index contributed by atoms with van der Waals surface area (Å²) in [6.07, 6.45) is 0.121. The summed E-state index contributed by atoms with van der Waals surface area (Å²) in [7, 11) is 3.87. The Morgan fingerprint density at radius 1 is 1.21 bits per heavy atom. The molecule has 14 heavy (non-hydrogen) atoms. The van der Waals surface area contributed by atoms with Crippen LogP contribution < -0.4 is 5.73 Å². The van der Waals surface area contributed by atoms with Crippen molar-refractivity contribution in [3.63, 3.8) is 0 Å². The Morgan fingerprint density at radius 3 is 2.36 bits per heavy atom. The van der Waals surface area contributed by atoms with Crippen molar-refractivity contribution in [3.05, 3.63) is 35.9 Å². The molecule has 0 amide bonds. The van der Waals surface area contributed by atoms with Crippen LogP contribution in [0.3, 0.4) is 0 Å². The summed E-state index contributed by atoms with van der Waals surface area (Å²) in [4.78, 5) is 1.95. The van der Waals surface area contributed by atoms with Crippen LogP contribution in [0, 0.1) is 0 Å². The molecule has 1 unspecified atom stereocenters. The number of hydrogen-bond acceptors (Lipinski definition) is 4. The van der Waals surface area contributed by atoms with Crippen LogP contribution >= 0.6 is 0 Å². The molecule has 0 radical (unpaired) electrons. The highest BCUT2D eigenvalue weighted by Gasteiger charge is 2.28. The summed E-state index contributed by atoms with van der Waals surface area (Å²) in [5.41, 5.74) is 6.93. The van der Waals surface area contributed by atoms with Gasteiger partial charge in [0.15, 0.2) is 0 Å². The fourth-order valence-electron chi connectivity index (χ4n) is 1.73. The molecule has 74 valence electrons. The molecule has 1 aliphatic rings. The van der Waals surface area contributed by atoms with Crippen molar-refractivity contribution in [3.8, 4) is 0 Å². The smallest absolute Gasteiger partial charge is 0.215 e. The van der Waals surface area contributed by atoms with Gasteiger partial charge in [-0.1, -0.05) is 30.3 Å². The molecule has 0 bridgehead atoms. The molecule has 0 spiro atoms. The number of rotatable bonds is 1. The Bertz CT molecular complexity index is 346. The topological polar surface area (TPSA) is 44.9 Å². The van der Waals surface area contributed by atoms with E-state index in [1.165, 1.54) is 5.56 Å². The molecule has 0 saturated heterocycles. The van der Waals surface area contributed by atoms with Gasteiger partial charge in [0.1, 0.15) is 6.17 Å². The maximum absolute atomic E-state index is 5.73. The van der Waals surface area contributed by atoms with Crippen LogP contribution in [0.15, 0.2) is 35.4 Å². The van der Waals surface area contributed by atoms with Gasteiger partial charge in [0, 0.05) is 14.1 Å². The van der Waals surface area contributed by atoms with Crippen molar-refractivity contribution < 1.29 is 0 Å². The molecule has 0 aromatic heterocycles. The second-order valence-corrected chi connectivity index (χ2v) is 3.43. The van der Waals surface area contributed by atoms with Crippen molar-refractivity contribution in [1.29, 1.82) is 0 Å². The summed E-state index contributed by atoms with van der Waals surface area (Å²) >= 11 is 0. The summed E-state index contributed by atoms with van der Waals surface area (Å²) in [6, 6.07) is 10.2. The van der Waals surface area contributed by atoms with E-state index in [2.05, 4.69) is 17.2 Å². The fraction of sp³-hybridized carbons (Fsp3) is 0.300. The number of hydrogen-bond donors (Lipinski definition) is 1. The molecule has 4 nitrogen and oxygen atoms in total. The SMILES string of the molecule is CN1N=C(N)N(C)C1c1ccccc1. The van der Waals surface area contributed by atoms with Crippen LogP contribution in [0.1, 0.15) is 11.7 Å². The van der Waals surface area contributed by atoms with Gasteiger partial charge in [-0.05, 0) is 5.56 Å². The first-order chi connectivity index (χ1) is 6.70. The maximum Gasteiger partial charge on any atom is 0.215 e. The van der Waals surface area contributed by atoms with E-state index in [0.29, 0.717) is 5.96 Å². The van der Waals surface area contributed by atoms with E-state index < -0.39 is 0 Å². The molecule has 0 saturated carbocycles. The van der Waals surface area contributed by atoms with Crippen LogP contribution in [0.25, 0.3) is 0 Å². The van der Waals surface area contributed by atoms with Gasteiger partial charge in [0.05, 0.1) is 0 Å². The van der Waals surface area contributed by atoms with Gasteiger partial charge < -0.3 is 10.6 Å². The third-order valence-corrected chi connectivity index (χ3v) is 2.44. The lowest BCUT2D eigenvalue weighted by Crippen LogP contribution is -2.34. The molecule has 1 aromatic carbocycles. The zero-order valence-corrected chi connectivity index (χ0v) is 8.38. The predicted molar refractivity (Wildman–Crippen MR) is 56.3 cm³/mol. The van der Waals surface area contributed by atoms with E-state index in [4.69, 9.17) is 5.73 Å². The molecular weight excluding hydrogens is 176 g/mol. The Balaban J connectivity index is 2.30. The largest absolute Gasteiger partial charge is 0.368 e. The van der Waals surface area contributed by atoms with Crippen LogP contribution in [0.5, 0.6) is 0 Å². The molecule has 2 N–H and O–H groups in total. The fourth-order valence-corrected chi connectivity index (χ4v) is 1.73. The standard InChI is InChI=1S/C10H14N4/c1-13-9(14(2)12-10(13)11)8-6-4-3-5-7-8/h3-7,9H,1-2H3,(H2,11,12). The first-order valence-corrected chi connectivity index (χ1v) is 4.55. The minimum absolute atomic E-state index is 0.121. The molecule has 1 aromatic rings. The van der Waals surface area contributed by atoms with Gasteiger partial charge in [-0.25, -0.2) is 0 Å². The second-order valence-electron chi connectivity index (χ2n) is 3.43. The summed E-state index contributed by atoms with van der Waals surface area (Å²) in [5.74, 6) is 0.557. The minimum atomic E-state index is 0.121. The number of nitrogens with zero attached hydrogens (tertiary/aromatic N) is 3. The average Bonchev–Trinajstić information content (AvgIpc) is 2.43. The highest BCUT2D eigenvalue weighted by Crippen LogP contribution is 2.26. The Hall–Kier alpha value is -1.71. The van der Waals surface area contributed by atoms with E-state index in [1.54, 1.807) is 0 Å². The number of guanidine groups is 1. The highest BCUT2D eigenvalue weighted by molar-refractivity contribution is 5.79. The van der Waals surface area contributed by atoms with E-state index in [9.17, 15) is 0 Å². The third-order valence-electron chi connectivity index (χ3n) is 2.44. The van der Waals surface area contributed by atoms with Gasteiger partial charge in [0.25, 0.3) is 0 Å². The van der Waals surface area contributed by atoms with Gasteiger partial charge >= 0.3 is 0 Å². The van der Waals surface area contributed by atoms with Crippen molar-refractivity contribution in [2.24, 2.45) is 10.8 Å². The molecular formula is C10H14N4. The van der Waals surface area contributed by atoms with E-state index in [1.807, 2.05) is 42.2 Å². The van der Waals surface area contributed by atoms with Crippen LogP contribution in [-0.4, -0.2) is 30.0 Å². The minimum Gasteiger partial charge on any atom is -0.368 e. The Kier molecular flexibility index (Phi) is 2.04. The normalized spacial score (nSPS) is 21.3. The summed E-state index contributed by atoms with van der Waals surface area (Å²) in [5, 5.41) is 6.05. The van der Waals surface area contributed by atoms with Gasteiger partial charge in [-0.2, -0.15) is 0 Å². The second kappa shape index (κ2) is 3.21. The quantitative estimate of drug-likeness (QED) is 0.712. The maximum atomic E-state index is 5.73. The number of benzene rings is 1. The molecule has 1 heterocycles. The van der Waals surface area contributed by atoms with E-state index in [0.717, 1.165) is 0 Å². The lowest BCUT2D eigenvalue weighted by atomic mass is 10.1. The average molecular weight is 190 g/mol. The molecule has 1 aliphatic heterocycles. The lowest BCUT2D eigenvalue weighted by molar-refractivity contribution is 0.182. The first-order valence-electron chi connectivity index (χ1n) is 4.55. The predicted octanol–water partition coefficient (Wildman–Crippen LogP) is 0.792. The molecule has 0 aliphatic carbocycles. The summed E-state index contributed by atoms with van der Waals surface area (Å²) in [6.45, 7) is 0. The zero-order valence-electron chi connectivity index (χ0n) is 8.38. The zero-order chi connectivity index (χ0) is 10.1. The monoisotopic (exact) mass is 190 g/mol. The highest BCUT2D eigenvalue weighted by atomic mass is 15.6. The molecule has 4 heteroatoms. The van der Waals surface area contributed by atoms with Crippen molar-refractivity contribution in [2.45, 2.75) is 6.17 Å². The molecule has 1 atom stereocenters. The van der Waals surface area contributed by atoms with E-state index in [-0.39, 0.29) is 6.17 Å². The van der Waals surface area contributed by atoms with E-state index >= 15 is 0 Å². The van der Waals surface area contributed by atoms with Crippen molar-refractivity contribution >= 4 is 5.96 Å². The summed E-state index contributed by atoms with van der Waals surface area (Å²) < 4.78 is 0. The number of nitrogens with two attached hydrogens (primary N) is 1. The first kappa shape index (κ1) is 8.87. The van der Waals surface area contributed by atoms with Crippen LogP contribution in [0.4, 0.5) is 0 Å². The Labute approximate surface area is 83.6 Å². The number of hydrazone groups is 1. The molecule has 2 rings (SSSR count). The van der Waals surface area contributed by atoms with Crippen molar-refractivity contribution in [2.75, 3.05) is 14.1 Å². The van der Waals surface area contributed by atoms with Gasteiger partial charge in [-0.15, -0.1) is 5.10 Å². The van der Waals surface area contributed by atoms with Crippen LogP contribution in [-0.2, 0) is 0 Å². The van der Waals surface area contributed by atoms with Gasteiger partial charge in [0.2, 0.25) is 5.96 Å². The van der Waals surface area contributed by atoms with Crippen molar-refractivity contribution in [1.82, 2.24) is 9.91 Å². The van der Waals surface area contributed by atoms with Crippen LogP contribution in [0.2, 0.25) is 0 Å². The molecule has 0 fully saturated rings. The Morgan fingerprint density at radius 2 is 1.86 bits per heavy atom. The lowest BCUT2D eigenvalue weighted by Gasteiger charge is -2.25. The van der Waals surface area contributed by atoms with Gasteiger partial charge in [-0.3, -0.25) is 5.01 Å².